The molecule has 0 aliphatic heterocycles. The van der Waals surface area contributed by atoms with Crippen LogP contribution in [0.4, 0.5) is 0 Å². The van der Waals surface area contributed by atoms with E-state index in [1.165, 1.54) is 51.4 Å². The van der Waals surface area contributed by atoms with Crippen molar-refractivity contribution in [3.63, 3.8) is 0 Å². The third-order valence-electron chi connectivity index (χ3n) is 4.03. The van der Waals surface area contributed by atoms with Gasteiger partial charge in [-0.05, 0) is 56.9 Å². The van der Waals surface area contributed by atoms with Crippen molar-refractivity contribution in [2.75, 3.05) is 6.54 Å². The van der Waals surface area contributed by atoms with Crippen LogP contribution in [0.5, 0.6) is 0 Å². The Hall–Kier alpha value is -0.300. The molecular weight excluding hydrogens is 170 g/mol. The molecule has 2 rings (SSSR count). The first kappa shape index (κ1) is 10.2. The zero-order valence-corrected chi connectivity index (χ0v) is 9.17. The summed E-state index contributed by atoms with van der Waals surface area (Å²) in [4.78, 5) is 0. The molecule has 1 heteroatoms. The number of nitrogens with two attached hydrogens (primary N) is 1. The molecule has 2 unspecified atom stereocenters. The van der Waals surface area contributed by atoms with Gasteiger partial charge in [0.2, 0.25) is 0 Å². The maximum atomic E-state index is 5.85. The molecule has 2 N–H and O–H groups in total. The van der Waals surface area contributed by atoms with E-state index >= 15 is 0 Å². The second kappa shape index (κ2) is 4.97. The number of hydrogen-bond acceptors (Lipinski definition) is 1. The van der Waals surface area contributed by atoms with Crippen LogP contribution >= 0.6 is 0 Å². The zero-order chi connectivity index (χ0) is 9.80. The third kappa shape index (κ3) is 2.38. The Morgan fingerprint density at radius 3 is 2.57 bits per heavy atom. The summed E-state index contributed by atoms with van der Waals surface area (Å²) in [7, 11) is 0. The topological polar surface area (TPSA) is 26.0 Å². The molecule has 0 spiro atoms. The number of rotatable bonds is 3. The SMILES string of the molecule is NCC1CCCCC1CC1=CCCC1. The molecule has 2 aliphatic rings. The van der Waals surface area contributed by atoms with Crippen LogP contribution < -0.4 is 5.73 Å². The lowest BCUT2D eigenvalue weighted by Gasteiger charge is -2.31. The van der Waals surface area contributed by atoms with Crippen molar-refractivity contribution in [2.24, 2.45) is 17.6 Å². The fourth-order valence-electron chi connectivity index (χ4n) is 3.12. The first-order valence-corrected chi connectivity index (χ1v) is 6.28. The Morgan fingerprint density at radius 1 is 1.14 bits per heavy atom. The minimum absolute atomic E-state index is 0.824. The van der Waals surface area contributed by atoms with Crippen molar-refractivity contribution in [3.8, 4) is 0 Å². The molecule has 1 fully saturated rings. The van der Waals surface area contributed by atoms with Gasteiger partial charge in [-0.25, -0.2) is 0 Å². The molecule has 0 aromatic heterocycles. The van der Waals surface area contributed by atoms with Gasteiger partial charge in [-0.15, -0.1) is 0 Å². The van der Waals surface area contributed by atoms with Crippen molar-refractivity contribution < 1.29 is 0 Å². The second-order valence-electron chi connectivity index (χ2n) is 5.00. The van der Waals surface area contributed by atoms with E-state index in [0.717, 1.165) is 18.4 Å². The van der Waals surface area contributed by atoms with E-state index in [1.54, 1.807) is 5.57 Å². The van der Waals surface area contributed by atoms with Gasteiger partial charge < -0.3 is 5.73 Å². The third-order valence-corrected chi connectivity index (χ3v) is 4.03. The highest BCUT2D eigenvalue weighted by Gasteiger charge is 2.24. The fraction of sp³-hybridized carbons (Fsp3) is 0.846. The smallest absolute Gasteiger partial charge is 0.00461 e. The van der Waals surface area contributed by atoms with Gasteiger partial charge in [0, 0.05) is 0 Å². The number of allylic oxidation sites excluding steroid dienone is 2. The van der Waals surface area contributed by atoms with Crippen molar-refractivity contribution in [1.29, 1.82) is 0 Å². The van der Waals surface area contributed by atoms with Gasteiger partial charge in [0.25, 0.3) is 0 Å². The lowest BCUT2D eigenvalue weighted by Crippen LogP contribution is -2.26. The molecule has 1 saturated carbocycles. The molecule has 0 saturated heterocycles. The van der Waals surface area contributed by atoms with Gasteiger partial charge in [0.05, 0.1) is 0 Å². The van der Waals surface area contributed by atoms with Crippen LogP contribution in [0.3, 0.4) is 0 Å². The lowest BCUT2D eigenvalue weighted by molar-refractivity contribution is 0.241. The predicted octanol–water partition coefficient (Wildman–Crippen LogP) is 3.25. The maximum Gasteiger partial charge on any atom is -0.00461 e. The Morgan fingerprint density at radius 2 is 1.93 bits per heavy atom. The Labute approximate surface area is 87.8 Å². The van der Waals surface area contributed by atoms with Crippen molar-refractivity contribution in [2.45, 2.75) is 51.4 Å². The van der Waals surface area contributed by atoms with Gasteiger partial charge in [0.15, 0.2) is 0 Å². The molecule has 2 aliphatic carbocycles. The second-order valence-corrected chi connectivity index (χ2v) is 5.00. The summed E-state index contributed by atoms with van der Waals surface area (Å²) < 4.78 is 0. The minimum atomic E-state index is 0.824. The van der Waals surface area contributed by atoms with Crippen LogP contribution in [0.25, 0.3) is 0 Å². The van der Waals surface area contributed by atoms with Gasteiger partial charge in [-0.3, -0.25) is 0 Å². The highest BCUT2D eigenvalue weighted by molar-refractivity contribution is 5.08. The highest BCUT2D eigenvalue weighted by Crippen LogP contribution is 2.36. The first-order valence-electron chi connectivity index (χ1n) is 6.28. The van der Waals surface area contributed by atoms with Crippen molar-refractivity contribution in [3.05, 3.63) is 11.6 Å². The maximum absolute atomic E-state index is 5.85. The Kier molecular flexibility index (Phi) is 3.63. The van der Waals surface area contributed by atoms with E-state index in [2.05, 4.69) is 6.08 Å². The van der Waals surface area contributed by atoms with E-state index in [1.807, 2.05) is 0 Å². The normalized spacial score (nSPS) is 33.1. The zero-order valence-electron chi connectivity index (χ0n) is 9.17. The highest BCUT2D eigenvalue weighted by atomic mass is 14.6. The van der Waals surface area contributed by atoms with Crippen LogP contribution in [-0.4, -0.2) is 6.54 Å². The quantitative estimate of drug-likeness (QED) is 0.684. The van der Waals surface area contributed by atoms with Crippen molar-refractivity contribution >= 4 is 0 Å². The molecule has 0 bridgehead atoms. The van der Waals surface area contributed by atoms with Crippen LogP contribution in [0, 0.1) is 11.8 Å². The molecular formula is C13H23N. The minimum Gasteiger partial charge on any atom is -0.330 e. The fourth-order valence-corrected chi connectivity index (χ4v) is 3.12. The summed E-state index contributed by atoms with van der Waals surface area (Å²) in [5.41, 5.74) is 7.58. The first-order chi connectivity index (χ1) is 6.90. The van der Waals surface area contributed by atoms with Gasteiger partial charge in [-0.1, -0.05) is 24.5 Å². The summed E-state index contributed by atoms with van der Waals surface area (Å²) in [6, 6.07) is 0. The van der Waals surface area contributed by atoms with Crippen LogP contribution in [-0.2, 0) is 0 Å². The van der Waals surface area contributed by atoms with Crippen molar-refractivity contribution in [1.82, 2.24) is 0 Å². The number of hydrogen-bond donors (Lipinski definition) is 1. The van der Waals surface area contributed by atoms with Gasteiger partial charge >= 0.3 is 0 Å². The molecule has 0 aromatic carbocycles. The molecule has 0 heterocycles. The summed E-state index contributed by atoms with van der Waals surface area (Å²) >= 11 is 0. The van der Waals surface area contributed by atoms with Crippen LogP contribution in [0.2, 0.25) is 0 Å². The molecule has 14 heavy (non-hydrogen) atoms. The summed E-state index contributed by atoms with van der Waals surface area (Å²) in [6.45, 7) is 0.915. The molecule has 0 radical (unpaired) electrons. The van der Waals surface area contributed by atoms with E-state index in [0.29, 0.717) is 0 Å². The average molecular weight is 193 g/mol. The monoisotopic (exact) mass is 193 g/mol. The Balaban J connectivity index is 1.87. The molecule has 2 atom stereocenters. The summed E-state index contributed by atoms with van der Waals surface area (Å²) in [6.07, 6.45) is 13.6. The molecule has 1 nitrogen and oxygen atoms in total. The molecule has 80 valence electrons. The summed E-state index contributed by atoms with van der Waals surface area (Å²) in [5, 5.41) is 0. The Bertz CT molecular complexity index is 207. The van der Waals surface area contributed by atoms with Gasteiger partial charge in [-0.2, -0.15) is 0 Å². The summed E-state index contributed by atoms with van der Waals surface area (Å²) in [5.74, 6) is 1.74. The largest absolute Gasteiger partial charge is 0.330 e. The van der Waals surface area contributed by atoms with E-state index < -0.39 is 0 Å². The van der Waals surface area contributed by atoms with E-state index in [9.17, 15) is 0 Å². The standard InChI is InChI=1S/C13H23N/c14-10-13-8-4-3-7-12(13)9-11-5-1-2-6-11/h5,12-13H,1-4,6-10,14H2. The lowest BCUT2D eigenvalue weighted by atomic mass is 9.76. The molecule has 0 amide bonds. The van der Waals surface area contributed by atoms with Crippen LogP contribution in [0.15, 0.2) is 11.6 Å². The van der Waals surface area contributed by atoms with E-state index in [-0.39, 0.29) is 0 Å². The van der Waals surface area contributed by atoms with E-state index in [4.69, 9.17) is 5.73 Å². The average Bonchev–Trinajstić information content (AvgIpc) is 2.71. The van der Waals surface area contributed by atoms with Crippen LogP contribution in [0.1, 0.15) is 51.4 Å². The van der Waals surface area contributed by atoms with Gasteiger partial charge in [0.1, 0.15) is 0 Å². The molecule has 0 aromatic rings. The predicted molar refractivity (Wildman–Crippen MR) is 61.1 cm³/mol.